The largest absolute Gasteiger partial charge is 0.179 e. The lowest BCUT2D eigenvalue weighted by atomic mass is 10.0. The summed E-state index contributed by atoms with van der Waals surface area (Å²) >= 11 is 6.40. The van der Waals surface area contributed by atoms with Crippen molar-refractivity contribution in [3.05, 3.63) is 0 Å². The molecule has 0 aliphatic rings. The standard InChI is InChI=1S/C10H22S2/c1-5-9(2)6-12-8-10(3,4)7-11/h9,11H,5-8H2,1-4H3. The molecule has 0 saturated carbocycles. The Labute approximate surface area is 87.3 Å². The van der Waals surface area contributed by atoms with E-state index in [0.717, 1.165) is 11.7 Å². The average molecular weight is 206 g/mol. The van der Waals surface area contributed by atoms with Gasteiger partial charge in [0, 0.05) is 0 Å². The summed E-state index contributed by atoms with van der Waals surface area (Å²) in [6, 6.07) is 0. The first-order valence-corrected chi connectivity index (χ1v) is 6.49. The van der Waals surface area contributed by atoms with Crippen LogP contribution in [0.5, 0.6) is 0 Å². The zero-order chi connectivity index (χ0) is 9.61. The van der Waals surface area contributed by atoms with Gasteiger partial charge in [-0.1, -0.05) is 34.1 Å². The van der Waals surface area contributed by atoms with E-state index in [-0.39, 0.29) is 0 Å². The van der Waals surface area contributed by atoms with Gasteiger partial charge in [-0.3, -0.25) is 0 Å². The molecule has 0 radical (unpaired) electrons. The number of hydrogen-bond donors (Lipinski definition) is 1. The quantitative estimate of drug-likeness (QED) is 0.646. The minimum Gasteiger partial charge on any atom is -0.179 e. The van der Waals surface area contributed by atoms with Gasteiger partial charge in [0.1, 0.15) is 0 Å². The van der Waals surface area contributed by atoms with E-state index in [9.17, 15) is 0 Å². The van der Waals surface area contributed by atoms with Crippen LogP contribution in [0.1, 0.15) is 34.1 Å². The summed E-state index contributed by atoms with van der Waals surface area (Å²) in [5.41, 5.74) is 0.404. The van der Waals surface area contributed by atoms with Crippen molar-refractivity contribution in [2.75, 3.05) is 17.3 Å². The summed E-state index contributed by atoms with van der Waals surface area (Å²) in [6.07, 6.45) is 1.30. The molecule has 74 valence electrons. The molecular formula is C10H22S2. The first kappa shape index (κ1) is 12.7. The number of rotatable bonds is 6. The molecule has 2 heteroatoms. The van der Waals surface area contributed by atoms with E-state index in [2.05, 4.69) is 52.1 Å². The summed E-state index contributed by atoms with van der Waals surface area (Å²) in [5.74, 6) is 4.39. The minimum atomic E-state index is 0.404. The molecule has 0 aliphatic heterocycles. The molecule has 0 aromatic carbocycles. The van der Waals surface area contributed by atoms with Crippen molar-refractivity contribution >= 4 is 24.4 Å². The van der Waals surface area contributed by atoms with E-state index in [0.29, 0.717) is 5.41 Å². The van der Waals surface area contributed by atoms with Crippen LogP contribution >= 0.6 is 24.4 Å². The van der Waals surface area contributed by atoms with Crippen molar-refractivity contribution in [2.45, 2.75) is 34.1 Å². The van der Waals surface area contributed by atoms with Crippen LogP contribution < -0.4 is 0 Å². The second kappa shape index (κ2) is 6.20. The molecule has 0 nitrogen and oxygen atoms in total. The van der Waals surface area contributed by atoms with Gasteiger partial charge in [-0.25, -0.2) is 0 Å². The van der Waals surface area contributed by atoms with Gasteiger partial charge < -0.3 is 0 Å². The van der Waals surface area contributed by atoms with Crippen LogP contribution in [-0.2, 0) is 0 Å². The second-order valence-corrected chi connectivity index (χ2v) is 5.70. The Kier molecular flexibility index (Phi) is 6.56. The Morgan fingerprint density at radius 3 is 2.42 bits per heavy atom. The van der Waals surface area contributed by atoms with E-state index >= 15 is 0 Å². The van der Waals surface area contributed by atoms with Crippen LogP contribution in [0.4, 0.5) is 0 Å². The van der Waals surface area contributed by atoms with E-state index in [1.54, 1.807) is 0 Å². The van der Waals surface area contributed by atoms with Crippen molar-refractivity contribution < 1.29 is 0 Å². The molecule has 0 fully saturated rings. The highest BCUT2D eigenvalue weighted by atomic mass is 32.2. The fraction of sp³-hybridized carbons (Fsp3) is 1.00. The lowest BCUT2D eigenvalue weighted by Crippen LogP contribution is -2.17. The molecular weight excluding hydrogens is 184 g/mol. The summed E-state index contributed by atoms with van der Waals surface area (Å²) in [4.78, 5) is 0. The molecule has 0 aliphatic carbocycles. The molecule has 0 saturated heterocycles. The SMILES string of the molecule is CCC(C)CSCC(C)(C)CS. The molecule has 1 unspecified atom stereocenters. The van der Waals surface area contributed by atoms with Crippen LogP contribution in [-0.4, -0.2) is 17.3 Å². The summed E-state index contributed by atoms with van der Waals surface area (Å²) in [6.45, 7) is 9.14. The lowest BCUT2D eigenvalue weighted by Gasteiger charge is -2.21. The Morgan fingerprint density at radius 1 is 1.42 bits per heavy atom. The van der Waals surface area contributed by atoms with Gasteiger partial charge in [-0.15, -0.1) is 0 Å². The Hall–Kier alpha value is 0.700. The van der Waals surface area contributed by atoms with E-state index < -0.39 is 0 Å². The maximum atomic E-state index is 4.34. The minimum absolute atomic E-state index is 0.404. The van der Waals surface area contributed by atoms with Gasteiger partial charge in [0.15, 0.2) is 0 Å². The fourth-order valence-corrected chi connectivity index (χ4v) is 2.37. The molecule has 0 rings (SSSR count). The predicted molar refractivity (Wildman–Crippen MR) is 64.4 cm³/mol. The summed E-state index contributed by atoms with van der Waals surface area (Å²) < 4.78 is 0. The highest BCUT2D eigenvalue weighted by Gasteiger charge is 2.15. The van der Waals surface area contributed by atoms with Gasteiger partial charge in [0.2, 0.25) is 0 Å². The molecule has 0 N–H and O–H groups in total. The van der Waals surface area contributed by atoms with Crippen LogP contribution in [0, 0.1) is 11.3 Å². The first-order chi connectivity index (χ1) is 5.52. The van der Waals surface area contributed by atoms with Crippen molar-refractivity contribution in [2.24, 2.45) is 11.3 Å². The van der Waals surface area contributed by atoms with Crippen LogP contribution in [0.25, 0.3) is 0 Å². The first-order valence-electron chi connectivity index (χ1n) is 4.70. The third-order valence-corrected chi connectivity index (χ3v) is 4.67. The van der Waals surface area contributed by atoms with E-state index in [4.69, 9.17) is 0 Å². The van der Waals surface area contributed by atoms with Gasteiger partial charge in [0.25, 0.3) is 0 Å². The number of thioether (sulfide) groups is 1. The Bertz CT molecular complexity index is 110. The van der Waals surface area contributed by atoms with Crippen molar-refractivity contribution in [1.29, 1.82) is 0 Å². The van der Waals surface area contributed by atoms with Crippen LogP contribution in [0.3, 0.4) is 0 Å². The van der Waals surface area contributed by atoms with Gasteiger partial charge in [-0.2, -0.15) is 24.4 Å². The van der Waals surface area contributed by atoms with Crippen molar-refractivity contribution in [3.63, 3.8) is 0 Å². The molecule has 0 spiro atoms. The average Bonchev–Trinajstić information content (AvgIpc) is 2.04. The van der Waals surface area contributed by atoms with Gasteiger partial charge in [-0.05, 0) is 28.6 Å². The third-order valence-electron chi connectivity index (χ3n) is 2.02. The highest BCUT2D eigenvalue weighted by Crippen LogP contribution is 2.24. The lowest BCUT2D eigenvalue weighted by molar-refractivity contribution is 0.492. The maximum absolute atomic E-state index is 4.34. The molecule has 1 atom stereocenters. The normalized spacial score (nSPS) is 14.8. The maximum Gasteiger partial charge on any atom is -0.000819 e. The predicted octanol–water partition coefficient (Wildman–Crippen LogP) is 3.72. The molecule has 0 amide bonds. The molecule has 0 bridgehead atoms. The van der Waals surface area contributed by atoms with Crippen molar-refractivity contribution in [1.82, 2.24) is 0 Å². The highest BCUT2D eigenvalue weighted by molar-refractivity contribution is 7.99. The molecule has 12 heavy (non-hydrogen) atoms. The van der Waals surface area contributed by atoms with Gasteiger partial charge >= 0.3 is 0 Å². The number of thiol groups is 1. The molecule has 0 aromatic heterocycles. The Morgan fingerprint density at radius 2 is 2.00 bits per heavy atom. The van der Waals surface area contributed by atoms with Gasteiger partial charge in [0.05, 0.1) is 0 Å². The second-order valence-electron chi connectivity index (χ2n) is 4.35. The summed E-state index contributed by atoms with van der Waals surface area (Å²) in [7, 11) is 0. The van der Waals surface area contributed by atoms with Crippen LogP contribution in [0.2, 0.25) is 0 Å². The zero-order valence-corrected chi connectivity index (χ0v) is 10.5. The smallest absolute Gasteiger partial charge is 0.000819 e. The van der Waals surface area contributed by atoms with E-state index in [1.165, 1.54) is 17.9 Å². The fourth-order valence-electron chi connectivity index (χ4n) is 0.700. The van der Waals surface area contributed by atoms with E-state index in [1.807, 2.05) is 0 Å². The third kappa shape index (κ3) is 6.24. The Balaban J connectivity index is 3.42. The summed E-state index contributed by atoms with van der Waals surface area (Å²) in [5, 5.41) is 0. The zero-order valence-electron chi connectivity index (χ0n) is 8.76. The molecule has 0 aromatic rings. The molecule has 0 heterocycles. The van der Waals surface area contributed by atoms with Crippen LogP contribution in [0.15, 0.2) is 0 Å². The monoisotopic (exact) mass is 206 g/mol. The topological polar surface area (TPSA) is 0 Å². The van der Waals surface area contributed by atoms with Crippen molar-refractivity contribution in [3.8, 4) is 0 Å². The number of hydrogen-bond acceptors (Lipinski definition) is 2.